The zero-order valence-corrected chi connectivity index (χ0v) is 23.0. The van der Waals surface area contributed by atoms with Crippen LogP contribution in [0.25, 0.3) is 0 Å². The predicted molar refractivity (Wildman–Crippen MR) is 143 cm³/mol. The van der Waals surface area contributed by atoms with Crippen LogP contribution in [0.3, 0.4) is 0 Å². The van der Waals surface area contributed by atoms with Gasteiger partial charge < -0.3 is 20.1 Å². The van der Waals surface area contributed by atoms with Gasteiger partial charge in [-0.05, 0) is 38.5 Å². The Morgan fingerprint density at radius 3 is 1.26 bits per heavy atom. The molecule has 0 aromatic carbocycles. The summed E-state index contributed by atoms with van der Waals surface area (Å²) >= 11 is 0. The maximum absolute atomic E-state index is 12.9. The number of amides is 2. The molecule has 0 aliphatic heterocycles. The molecule has 2 atom stereocenters. The molecule has 2 N–H and O–H groups in total. The maximum Gasteiger partial charge on any atom is 0.306 e. The Balaban J connectivity index is 5.16. The van der Waals surface area contributed by atoms with Gasteiger partial charge in [-0.3, -0.25) is 19.2 Å². The number of esters is 2. The van der Waals surface area contributed by atoms with Gasteiger partial charge in [0.2, 0.25) is 12.2 Å². The number of hydrogen-bond acceptors (Lipinski definition) is 10. The van der Waals surface area contributed by atoms with Crippen molar-refractivity contribution in [1.82, 2.24) is 10.6 Å². The van der Waals surface area contributed by atoms with Crippen molar-refractivity contribution < 1.29 is 28.7 Å². The predicted octanol–water partition coefficient (Wildman–Crippen LogP) is 4.08. The number of nitrogens with one attached hydrogen (secondary N) is 2. The van der Waals surface area contributed by atoms with Crippen molar-refractivity contribution >= 4 is 23.8 Å². The highest BCUT2D eigenvalue weighted by atomic mass is 16.6. The summed E-state index contributed by atoms with van der Waals surface area (Å²) in [6, 6.07) is 0. The molecular formula is C26H46N4O8. The first kappa shape index (κ1) is 35.1. The summed E-state index contributed by atoms with van der Waals surface area (Å²) in [5.41, 5.74) is 0. The minimum absolute atomic E-state index is 0.0420. The summed E-state index contributed by atoms with van der Waals surface area (Å²) in [6.45, 7) is 4.87. The monoisotopic (exact) mass is 542 g/mol. The Morgan fingerprint density at radius 2 is 0.921 bits per heavy atom. The first-order chi connectivity index (χ1) is 18.4. The molecule has 218 valence electrons. The van der Waals surface area contributed by atoms with Gasteiger partial charge in [0.05, 0.1) is 13.1 Å². The Morgan fingerprint density at radius 1 is 0.579 bits per heavy atom. The number of carbonyl (C=O) groups is 4. The lowest BCUT2D eigenvalue weighted by molar-refractivity contribution is -0.176. The number of hydrogen-bond donors (Lipinski definition) is 2. The molecule has 0 aliphatic rings. The standard InChI is InChI=1S/C26H46N4O8/c1-3-17-27-25(33)23(37-21(31)15-11-7-5-9-13-19-29-35)24(26(34)28-18-4-2)38-22(32)16-12-8-6-10-14-20-30-36/h23-24H,3-20H2,1-2H3,(H,27,33)(H,28,34)/t23-,24-/m1/s1. The third kappa shape index (κ3) is 18.3. The molecule has 0 aliphatic carbocycles. The minimum atomic E-state index is -1.61. The van der Waals surface area contributed by atoms with Gasteiger partial charge in [0.25, 0.3) is 11.8 Å². The summed E-state index contributed by atoms with van der Waals surface area (Å²) in [7, 11) is 0. The summed E-state index contributed by atoms with van der Waals surface area (Å²) in [5.74, 6) is -2.72. The fraction of sp³-hybridized carbons (Fsp3) is 0.846. The molecule has 0 radical (unpaired) electrons. The van der Waals surface area contributed by atoms with Crippen molar-refractivity contribution in [3.05, 3.63) is 9.81 Å². The first-order valence-corrected chi connectivity index (χ1v) is 13.9. The molecule has 38 heavy (non-hydrogen) atoms. The number of ether oxygens (including phenoxy) is 2. The molecule has 0 saturated carbocycles. The zero-order chi connectivity index (χ0) is 28.4. The Bertz CT molecular complexity index is 647. The van der Waals surface area contributed by atoms with E-state index in [9.17, 15) is 29.0 Å². The lowest BCUT2D eigenvalue weighted by Crippen LogP contribution is -2.53. The largest absolute Gasteiger partial charge is 0.448 e. The van der Waals surface area contributed by atoms with Crippen molar-refractivity contribution in [2.45, 2.75) is 116 Å². The number of carbonyl (C=O) groups excluding carboxylic acids is 4. The van der Waals surface area contributed by atoms with Gasteiger partial charge in [0.1, 0.15) is 0 Å². The van der Waals surface area contributed by atoms with E-state index in [1.54, 1.807) is 0 Å². The van der Waals surface area contributed by atoms with Crippen LogP contribution in [-0.4, -0.2) is 62.1 Å². The number of unbranched alkanes of at least 4 members (excludes halogenated alkanes) is 8. The molecular weight excluding hydrogens is 496 g/mol. The van der Waals surface area contributed by atoms with Gasteiger partial charge in [0.15, 0.2) is 0 Å². The molecule has 12 heteroatoms. The highest BCUT2D eigenvalue weighted by molar-refractivity contribution is 5.93. The lowest BCUT2D eigenvalue weighted by Gasteiger charge is -2.25. The Hall–Kier alpha value is -2.92. The van der Waals surface area contributed by atoms with Gasteiger partial charge in [-0.15, -0.1) is 0 Å². The van der Waals surface area contributed by atoms with E-state index in [1.807, 2.05) is 13.8 Å². The summed E-state index contributed by atoms with van der Waals surface area (Å²) in [5, 5.41) is 10.9. The van der Waals surface area contributed by atoms with Gasteiger partial charge in [-0.1, -0.05) is 62.7 Å². The van der Waals surface area contributed by atoms with Gasteiger partial charge in [-0.25, -0.2) is 0 Å². The van der Waals surface area contributed by atoms with Crippen molar-refractivity contribution in [3.8, 4) is 0 Å². The van der Waals surface area contributed by atoms with Gasteiger partial charge in [-0.2, -0.15) is 9.81 Å². The summed E-state index contributed by atoms with van der Waals surface area (Å²) < 4.78 is 10.8. The number of nitrogens with zero attached hydrogens (tertiary/aromatic N) is 2. The van der Waals surface area contributed by atoms with Crippen LogP contribution in [0.15, 0.2) is 10.4 Å². The molecule has 0 aromatic heterocycles. The van der Waals surface area contributed by atoms with Gasteiger partial charge in [0, 0.05) is 25.9 Å². The van der Waals surface area contributed by atoms with Crippen LogP contribution < -0.4 is 10.6 Å². The van der Waals surface area contributed by atoms with Crippen LogP contribution in [0.4, 0.5) is 0 Å². The minimum Gasteiger partial charge on any atom is -0.448 e. The van der Waals surface area contributed by atoms with E-state index in [1.165, 1.54) is 0 Å². The second-order valence-corrected chi connectivity index (χ2v) is 9.14. The quantitative estimate of drug-likeness (QED) is 0.0987. The summed E-state index contributed by atoms with van der Waals surface area (Å²) in [4.78, 5) is 71.1. The van der Waals surface area contributed by atoms with Crippen LogP contribution in [0, 0.1) is 9.81 Å². The fourth-order valence-corrected chi connectivity index (χ4v) is 3.56. The maximum atomic E-state index is 12.9. The highest BCUT2D eigenvalue weighted by Gasteiger charge is 2.39. The second kappa shape index (κ2) is 24.4. The van der Waals surface area contributed by atoms with Gasteiger partial charge >= 0.3 is 11.9 Å². The SMILES string of the molecule is CCCNC(=O)[C@H](OC(=O)CCCCCCCN=O)[C@@H](OC(=O)CCCCCCCN=O)C(=O)NCCC. The van der Waals surface area contributed by atoms with E-state index in [-0.39, 0.29) is 25.9 Å². The Labute approximate surface area is 225 Å². The number of nitroso groups, excluding NO2 is 2. The van der Waals surface area contributed by atoms with E-state index in [0.717, 1.165) is 38.5 Å². The van der Waals surface area contributed by atoms with E-state index in [2.05, 4.69) is 21.0 Å². The van der Waals surface area contributed by atoms with Crippen molar-refractivity contribution in [2.24, 2.45) is 10.4 Å². The average molecular weight is 543 g/mol. The van der Waals surface area contributed by atoms with E-state index >= 15 is 0 Å². The lowest BCUT2D eigenvalue weighted by atomic mass is 10.1. The molecule has 12 nitrogen and oxygen atoms in total. The molecule has 0 bridgehead atoms. The Kier molecular flexibility index (Phi) is 22.5. The van der Waals surface area contributed by atoms with Crippen molar-refractivity contribution in [2.75, 3.05) is 26.2 Å². The summed E-state index contributed by atoms with van der Waals surface area (Å²) in [6.07, 6.45) is 5.35. The second-order valence-electron chi connectivity index (χ2n) is 9.14. The number of rotatable bonds is 25. The molecule has 0 spiro atoms. The first-order valence-electron chi connectivity index (χ1n) is 13.9. The van der Waals surface area contributed by atoms with Crippen LogP contribution in [0.1, 0.15) is 104 Å². The average Bonchev–Trinajstić information content (AvgIpc) is 2.91. The molecule has 0 rings (SSSR count). The molecule has 2 amide bonds. The molecule has 0 heterocycles. The van der Waals surface area contributed by atoms with Crippen LogP contribution in [0.5, 0.6) is 0 Å². The van der Waals surface area contributed by atoms with Crippen LogP contribution in [0.2, 0.25) is 0 Å². The van der Waals surface area contributed by atoms with E-state index < -0.39 is 36.0 Å². The van der Waals surface area contributed by atoms with Crippen molar-refractivity contribution in [3.63, 3.8) is 0 Å². The van der Waals surface area contributed by atoms with Crippen LogP contribution >= 0.6 is 0 Å². The normalized spacial score (nSPS) is 12.2. The third-order valence-corrected chi connectivity index (χ3v) is 5.67. The molecule has 0 aromatic rings. The smallest absolute Gasteiger partial charge is 0.306 e. The zero-order valence-electron chi connectivity index (χ0n) is 23.0. The third-order valence-electron chi connectivity index (χ3n) is 5.67. The molecule has 0 saturated heterocycles. The van der Waals surface area contributed by atoms with Crippen molar-refractivity contribution in [1.29, 1.82) is 0 Å². The highest BCUT2D eigenvalue weighted by Crippen LogP contribution is 2.14. The van der Waals surface area contributed by atoms with E-state index in [0.29, 0.717) is 51.6 Å². The van der Waals surface area contributed by atoms with E-state index in [4.69, 9.17) is 9.47 Å². The molecule has 0 fully saturated rings. The van der Waals surface area contributed by atoms with Crippen LogP contribution in [-0.2, 0) is 28.7 Å². The topological polar surface area (TPSA) is 170 Å². The molecule has 0 unspecified atom stereocenters. The fourth-order valence-electron chi connectivity index (χ4n) is 3.56.